The van der Waals surface area contributed by atoms with E-state index in [1.807, 2.05) is 0 Å². The van der Waals surface area contributed by atoms with Crippen LogP contribution in [0.4, 0.5) is 5.69 Å². The van der Waals surface area contributed by atoms with E-state index in [1.165, 1.54) is 26.3 Å². The molecule has 0 saturated heterocycles. The van der Waals surface area contributed by atoms with Gasteiger partial charge < -0.3 is 15.2 Å². The molecule has 0 fully saturated rings. The first-order valence-corrected chi connectivity index (χ1v) is 7.77. The monoisotopic (exact) mass is 358 g/mol. The van der Waals surface area contributed by atoms with E-state index >= 15 is 0 Å². The van der Waals surface area contributed by atoms with E-state index in [2.05, 4.69) is 5.32 Å². The SMILES string of the molecule is COc1ccccc1NC(=O)c1c(O)n(C)c(=O)c2cc(Cl)ccc12. The molecule has 0 bridgehead atoms. The molecule has 0 spiro atoms. The zero-order chi connectivity index (χ0) is 18.1. The van der Waals surface area contributed by atoms with Gasteiger partial charge in [-0.1, -0.05) is 29.8 Å². The molecule has 0 unspecified atom stereocenters. The number of ether oxygens (including phenoxy) is 1. The van der Waals surface area contributed by atoms with Gasteiger partial charge in [0.05, 0.1) is 12.8 Å². The van der Waals surface area contributed by atoms with Gasteiger partial charge in [-0.3, -0.25) is 14.2 Å². The Balaban J connectivity index is 2.18. The van der Waals surface area contributed by atoms with Crippen LogP contribution in [0.25, 0.3) is 10.8 Å². The Kier molecular flexibility index (Phi) is 4.37. The van der Waals surface area contributed by atoms with Gasteiger partial charge in [-0.2, -0.15) is 0 Å². The van der Waals surface area contributed by atoms with Gasteiger partial charge in [0.1, 0.15) is 11.3 Å². The standard InChI is InChI=1S/C18H15ClN2O4/c1-21-17(23)12-9-10(19)7-8-11(12)15(18(21)24)16(22)20-13-5-3-4-6-14(13)25-2/h3-9,24H,1-2H3,(H,20,22). The van der Waals surface area contributed by atoms with E-state index in [0.29, 0.717) is 21.8 Å². The average Bonchev–Trinajstić information content (AvgIpc) is 2.61. The highest BCUT2D eigenvalue weighted by atomic mass is 35.5. The van der Waals surface area contributed by atoms with Crippen LogP contribution in [0.3, 0.4) is 0 Å². The zero-order valence-electron chi connectivity index (χ0n) is 13.5. The minimum Gasteiger partial charge on any atom is -0.495 e. The largest absolute Gasteiger partial charge is 0.495 e. The Labute approximate surface area is 148 Å². The third-order valence-electron chi connectivity index (χ3n) is 3.91. The van der Waals surface area contributed by atoms with Gasteiger partial charge in [0.15, 0.2) is 0 Å². The molecule has 0 atom stereocenters. The summed E-state index contributed by atoms with van der Waals surface area (Å²) >= 11 is 5.96. The molecule has 2 aromatic carbocycles. The molecular weight excluding hydrogens is 344 g/mol. The van der Waals surface area contributed by atoms with Crippen molar-refractivity contribution in [2.75, 3.05) is 12.4 Å². The molecule has 1 heterocycles. The minimum atomic E-state index is -0.565. The fraction of sp³-hybridized carbons (Fsp3) is 0.111. The number of anilines is 1. The van der Waals surface area contributed by atoms with Crippen LogP contribution in [-0.4, -0.2) is 22.7 Å². The van der Waals surface area contributed by atoms with Crippen LogP contribution in [0.15, 0.2) is 47.3 Å². The Morgan fingerprint density at radius 2 is 1.92 bits per heavy atom. The van der Waals surface area contributed by atoms with Crippen molar-refractivity contribution < 1.29 is 14.6 Å². The molecule has 0 radical (unpaired) electrons. The first kappa shape index (κ1) is 16.9. The number of para-hydroxylation sites is 2. The fourth-order valence-corrected chi connectivity index (χ4v) is 2.81. The van der Waals surface area contributed by atoms with Crippen LogP contribution in [0.1, 0.15) is 10.4 Å². The third kappa shape index (κ3) is 2.92. The Bertz CT molecular complexity index is 1040. The first-order valence-electron chi connectivity index (χ1n) is 7.39. The molecule has 0 aliphatic heterocycles. The number of halogens is 1. The predicted octanol–water partition coefficient (Wildman–Crippen LogP) is 3.16. The number of methoxy groups -OCH3 is 1. The van der Waals surface area contributed by atoms with Crippen LogP contribution in [0.5, 0.6) is 11.6 Å². The highest BCUT2D eigenvalue weighted by Crippen LogP contribution is 2.29. The zero-order valence-corrected chi connectivity index (χ0v) is 14.3. The molecule has 1 aromatic heterocycles. The summed E-state index contributed by atoms with van der Waals surface area (Å²) in [5.74, 6) is -0.510. The van der Waals surface area contributed by atoms with Gasteiger partial charge in [-0.25, -0.2) is 0 Å². The molecule has 3 aromatic rings. The van der Waals surface area contributed by atoms with Gasteiger partial charge >= 0.3 is 0 Å². The summed E-state index contributed by atoms with van der Waals surface area (Å²) in [6.07, 6.45) is 0. The second kappa shape index (κ2) is 6.49. The smallest absolute Gasteiger partial charge is 0.261 e. The van der Waals surface area contributed by atoms with Crippen molar-refractivity contribution in [3.63, 3.8) is 0 Å². The van der Waals surface area contributed by atoms with E-state index in [4.69, 9.17) is 16.3 Å². The molecule has 0 saturated carbocycles. The van der Waals surface area contributed by atoms with Gasteiger partial charge in [-0.15, -0.1) is 0 Å². The number of amides is 1. The average molecular weight is 359 g/mol. The second-order valence-corrected chi connectivity index (χ2v) is 5.84. The summed E-state index contributed by atoms with van der Waals surface area (Å²) in [6.45, 7) is 0. The number of carbonyl (C=O) groups excluding carboxylic acids is 1. The highest BCUT2D eigenvalue weighted by Gasteiger charge is 2.21. The van der Waals surface area contributed by atoms with Crippen LogP contribution in [-0.2, 0) is 7.05 Å². The maximum Gasteiger partial charge on any atom is 0.261 e. The van der Waals surface area contributed by atoms with Gasteiger partial charge in [0, 0.05) is 22.8 Å². The summed E-state index contributed by atoms with van der Waals surface area (Å²) in [5, 5.41) is 14.0. The van der Waals surface area contributed by atoms with E-state index < -0.39 is 17.3 Å². The van der Waals surface area contributed by atoms with Crippen molar-refractivity contribution in [3.8, 4) is 11.6 Å². The van der Waals surface area contributed by atoms with Gasteiger partial charge in [0.2, 0.25) is 5.88 Å². The summed E-state index contributed by atoms with van der Waals surface area (Å²) < 4.78 is 6.22. The lowest BCUT2D eigenvalue weighted by molar-refractivity contribution is 0.102. The highest BCUT2D eigenvalue weighted by molar-refractivity contribution is 6.31. The van der Waals surface area contributed by atoms with E-state index in [1.54, 1.807) is 30.3 Å². The number of aromatic hydroxyl groups is 1. The Morgan fingerprint density at radius 1 is 1.20 bits per heavy atom. The molecule has 128 valence electrons. The Hall–Kier alpha value is -2.99. The van der Waals surface area contributed by atoms with Crippen LogP contribution >= 0.6 is 11.6 Å². The molecule has 0 aliphatic carbocycles. The molecule has 3 rings (SSSR count). The molecule has 25 heavy (non-hydrogen) atoms. The van der Waals surface area contributed by atoms with Crippen LogP contribution < -0.4 is 15.6 Å². The lowest BCUT2D eigenvalue weighted by Crippen LogP contribution is -2.22. The topological polar surface area (TPSA) is 80.6 Å². The summed E-state index contributed by atoms with van der Waals surface area (Å²) in [7, 11) is 2.88. The summed E-state index contributed by atoms with van der Waals surface area (Å²) in [5.41, 5.74) is -0.00567. The molecule has 7 heteroatoms. The van der Waals surface area contributed by atoms with E-state index in [0.717, 1.165) is 4.57 Å². The predicted molar refractivity (Wildman–Crippen MR) is 96.8 cm³/mol. The molecule has 2 N–H and O–H groups in total. The second-order valence-electron chi connectivity index (χ2n) is 5.41. The summed E-state index contributed by atoms with van der Waals surface area (Å²) in [4.78, 5) is 25.1. The van der Waals surface area contributed by atoms with Crippen LogP contribution in [0.2, 0.25) is 5.02 Å². The van der Waals surface area contributed by atoms with E-state index in [9.17, 15) is 14.7 Å². The maximum absolute atomic E-state index is 12.8. The first-order chi connectivity index (χ1) is 11.9. The normalized spacial score (nSPS) is 10.7. The maximum atomic E-state index is 12.8. The number of carbonyl (C=O) groups is 1. The lowest BCUT2D eigenvalue weighted by atomic mass is 10.1. The van der Waals surface area contributed by atoms with Crippen molar-refractivity contribution in [2.24, 2.45) is 7.05 Å². The van der Waals surface area contributed by atoms with Crippen molar-refractivity contribution in [3.05, 3.63) is 63.4 Å². The lowest BCUT2D eigenvalue weighted by Gasteiger charge is -2.14. The van der Waals surface area contributed by atoms with E-state index in [-0.39, 0.29) is 10.9 Å². The molecular formula is C18H15ClN2O4. The van der Waals surface area contributed by atoms with Crippen molar-refractivity contribution in [1.29, 1.82) is 0 Å². The van der Waals surface area contributed by atoms with Crippen LogP contribution in [0, 0.1) is 0 Å². The number of benzene rings is 2. The number of fused-ring (bicyclic) bond motifs is 1. The summed E-state index contributed by atoms with van der Waals surface area (Å²) in [6, 6.07) is 11.5. The van der Waals surface area contributed by atoms with Crippen molar-refractivity contribution >= 4 is 34.0 Å². The van der Waals surface area contributed by atoms with Gasteiger partial charge in [-0.05, 0) is 24.3 Å². The number of rotatable bonds is 3. The number of aromatic nitrogens is 1. The number of hydrogen-bond donors (Lipinski definition) is 2. The molecule has 1 amide bonds. The third-order valence-corrected chi connectivity index (χ3v) is 4.14. The number of nitrogens with one attached hydrogen (secondary N) is 1. The van der Waals surface area contributed by atoms with Crippen molar-refractivity contribution in [1.82, 2.24) is 4.57 Å². The molecule has 6 nitrogen and oxygen atoms in total. The fourth-order valence-electron chi connectivity index (χ4n) is 2.63. The number of pyridine rings is 1. The number of nitrogens with zero attached hydrogens (tertiary/aromatic N) is 1. The number of hydrogen-bond acceptors (Lipinski definition) is 4. The van der Waals surface area contributed by atoms with Crippen molar-refractivity contribution in [2.45, 2.75) is 0 Å². The quantitative estimate of drug-likeness (QED) is 0.753. The minimum absolute atomic E-state index is 0.0142. The Morgan fingerprint density at radius 3 is 2.64 bits per heavy atom. The molecule has 0 aliphatic rings. The van der Waals surface area contributed by atoms with Gasteiger partial charge in [0.25, 0.3) is 11.5 Å².